The summed E-state index contributed by atoms with van der Waals surface area (Å²) in [4.78, 5) is 3.73. The number of nitrogens with two attached hydrogens (primary N) is 1. The van der Waals surface area contributed by atoms with Crippen molar-refractivity contribution in [3.8, 4) is 0 Å². The maximum atomic E-state index is 12.8. The lowest BCUT2D eigenvalue weighted by Crippen LogP contribution is -2.22. The molecule has 0 aliphatic heterocycles. The topological polar surface area (TPSA) is 50.4 Å². The van der Waals surface area contributed by atoms with Crippen LogP contribution >= 0.6 is 0 Å². The van der Waals surface area contributed by atoms with Crippen molar-refractivity contribution in [2.24, 2.45) is 10.7 Å². The molecule has 0 aliphatic rings. The minimum absolute atomic E-state index is 0.224. The smallest absolute Gasteiger partial charge is 0.192 e. The summed E-state index contributed by atoms with van der Waals surface area (Å²) >= 11 is 0. The number of halogens is 1. The summed E-state index contributed by atoms with van der Waals surface area (Å²) in [6, 6.07) is 4.67. The van der Waals surface area contributed by atoms with Crippen molar-refractivity contribution in [2.45, 2.75) is 6.92 Å². The number of nitrogens with one attached hydrogen (secondary N) is 1. The average molecular weight is 181 g/mol. The first kappa shape index (κ1) is 9.51. The fourth-order valence-electron chi connectivity index (χ4n) is 0.926. The number of benzene rings is 1. The van der Waals surface area contributed by atoms with Gasteiger partial charge in [0.25, 0.3) is 0 Å². The highest BCUT2D eigenvalue weighted by Crippen LogP contribution is 2.12. The number of hydrogen-bond acceptors (Lipinski definition) is 1. The predicted octanol–water partition coefficient (Wildman–Crippen LogP) is 1.49. The van der Waals surface area contributed by atoms with Gasteiger partial charge in [0.1, 0.15) is 5.82 Å². The third-order valence-electron chi connectivity index (χ3n) is 1.67. The summed E-state index contributed by atoms with van der Waals surface area (Å²) in [6.45, 7) is 1.69. The standard InChI is InChI=1S/C9H12FN3/c1-6-5-7(3-4-8(6)10)13-9(11)12-2/h3-5H,1-2H3,(H3,11,12,13). The van der Waals surface area contributed by atoms with Crippen molar-refractivity contribution in [3.05, 3.63) is 29.6 Å². The fraction of sp³-hybridized carbons (Fsp3) is 0.222. The molecule has 3 N–H and O–H groups in total. The second kappa shape index (κ2) is 3.89. The van der Waals surface area contributed by atoms with Crippen molar-refractivity contribution in [1.82, 2.24) is 0 Å². The van der Waals surface area contributed by atoms with Crippen LogP contribution in [0.3, 0.4) is 0 Å². The van der Waals surface area contributed by atoms with Gasteiger partial charge in [-0.1, -0.05) is 0 Å². The monoisotopic (exact) mass is 181 g/mol. The second-order valence-electron chi connectivity index (χ2n) is 2.70. The van der Waals surface area contributed by atoms with Gasteiger partial charge >= 0.3 is 0 Å². The van der Waals surface area contributed by atoms with Gasteiger partial charge < -0.3 is 11.1 Å². The molecule has 0 unspecified atom stereocenters. The summed E-state index contributed by atoms with van der Waals surface area (Å²) in [5, 5.41) is 2.82. The molecule has 3 nitrogen and oxygen atoms in total. The minimum Gasteiger partial charge on any atom is -0.370 e. The Hall–Kier alpha value is -1.58. The molecule has 0 amide bonds. The van der Waals surface area contributed by atoms with E-state index in [1.54, 1.807) is 26.1 Å². The van der Waals surface area contributed by atoms with Crippen LogP contribution in [0.25, 0.3) is 0 Å². The molecule has 0 atom stereocenters. The molecular formula is C9H12FN3. The van der Waals surface area contributed by atoms with Crippen LogP contribution in [-0.2, 0) is 0 Å². The quantitative estimate of drug-likeness (QED) is 0.509. The summed E-state index contributed by atoms with van der Waals surface area (Å²) < 4.78 is 12.8. The Labute approximate surface area is 76.5 Å². The van der Waals surface area contributed by atoms with E-state index in [0.717, 1.165) is 5.69 Å². The van der Waals surface area contributed by atoms with Crippen molar-refractivity contribution < 1.29 is 4.39 Å². The van der Waals surface area contributed by atoms with Gasteiger partial charge in [0.05, 0.1) is 0 Å². The van der Waals surface area contributed by atoms with Gasteiger partial charge in [-0.2, -0.15) is 0 Å². The third-order valence-corrected chi connectivity index (χ3v) is 1.67. The van der Waals surface area contributed by atoms with Crippen molar-refractivity contribution in [2.75, 3.05) is 12.4 Å². The SMILES string of the molecule is CN=C(N)Nc1ccc(F)c(C)c1. The number of hydrogen-bond donors (Lipinski definition) is 2. The van der Waals surface area contributed by atoms with Crippen LogP contribution in [-0.4, -0.2) is 13.0 Å². The highest BCUT2D eigenvalue weighted by atomic mass is 19.1. The number of aliphatic imine (C=N–C) groups is 1. The molecule has 4 heteroatoms. The Balaban J connectivity index is 2.86. The lowest BCUT2D eigenvalue weighted by atomic mass is 10.2. The first-order valence-electron chi connectivity index (χ1n) is 3.89. The normalized spacial score (nSPS) is 11.5. The molecule has 0 aliphatic carbocycles. The molecule has 70 valence electrons. The van der Waals surface area contributed by atoms with E-state index in [0.29, 0.717) is 11.5 Å². The zero-order chi connectivity index (χ0) is 9.84. The lowest BCUT2D eigenvalue weighted by molar-refractivity contribution is 0.619. The zero-order valence-electron chi connectivity index (χ0n) is 7.63. The van der Waals surface area contributed by atoms with Gasteiger partial charge in [-0.15, -0.1) is 0 Å². The molecule has 1 aromatic rings. The Bertz CT molecular complexity index is 334. The van der Waals surface area contributed by atoms with Crippen LogP contribution in [0.4, 0.5) is 10.1 Å². The van der Waals surface area contributed by atoms with E-state index in [1.807, 2.05) is 0 Å². The first-order valence-corrected chi connectivity index (χ1v) is 3.89. The van der Waals surface area contributed by atoms with E-state index in [1.165, 1.54) is 6.07 Å². The van der Waals surface area contributed by atoms with Crippen molar-refractivity contribution in [1.29, 1.82) is 0 Å². The molecule has 0 aromatic heterocycles. The summed E-state index contributed by atoms with van der Waals surface area (Å²) in [5.74, 6) is 0.0866. The van der Waals surface area contributed by atoms with Crippen LogP contribution in [0.2, 0.25) is 0 Å². The molecule has 0 saturated heterocycles. The highest BCUT2D eigenvalue weighted by Gasteiger charge is 1.98. The molecule has 13 heavy (non-hydrogen) atoms. The van der Waals surface area contributed by atoms with Crippen LogP contribution < -0.4 is 11.1 Å². The van der Waals surface area contributed by atoms with Crippen LogP contribution in [0.15, 0.2) is 23.2 Å². The van der Waals surface area contributed by atoms with Crippen molar-refractivity contribution >= 4 is 11.6 Å². The largest absolute Gasteiger partial charge is 0.370 e. The Morgan fingerprint density at radius 1 is 1.54 bits per heavy atom. The predicted molar refractivity (Wildman–Crippen MR) is 52.3 cm³/mol. The van der Waals surface area contributed by atoms with Crippen LogP contribution in [0.1, 0.15) is 5.56 Å². The number of nitrogens with zero attached hydrogens (tertiary/aromatic N) is 1. The van der Waals surface area contributed by atoms with Crippen LogP contribution in [0.5, 0.6) is 0 Å². The van der Waals surface area contributed by atoms with Gasteiger partial charge in [0.2, 0.25) is 0 Å². The molecule has 1 aromatic carbocycles. The maximum Gasteiger partial charge on any atom is 0.192 e. The summed E-state index contributed by atoms with van der Waals surface area (Å²) in [7, 11) is 1.58. The number of anilines is 1. The average Bonchev–Trinajstić information content (AvgIpc) is 2.11. The molecule has 0 bridgehead atoms. The van der Waals surface area contributed by atoms with Crippen LogP contribution in [0, 0.1) is 12.7 Å². The Morgan fingerprint density at radius 3 is 2.77 bits per heavy atom. The molecular weight excluding hydrogens is 169 g/mol. The molecule has 0 spiro atoms. The number of guanidine groups is 1. The molecule has 0 radical (unpaired) electrons. The van der Waals surface area contributed by atoms with E-state index in [2.05, 4.69) is 10.3 Å². The minimum atomic E-state index is -0.224. The Kier molecular flexibility index (Phi) is 2.84. The molecule has 0 fully saturated rings. The molecule has 0 saturated carbocycles. The zero-order valence-corrected chi connectivity index (χ0v) is 7.63. The van der Waals surface area contributed by atoms with Gasteiger partial charge in [-0.25, -0.2) is 4.39 Å². The lowest BCUT2D eigenvalue weighted by Gasteiger charge is -2.05. The first-order chi connectivity index (χ1) is 6.13. The maximum absolute atomic E-state index is 12.8. The fourth-order valence-corrected chi connectivity index (χ4v) is 0.926. The van der Waals surface area contributed by atoms with E-state index < -0.39 is 0 Å². The van der Waals surface area contributed by atoms with E-state index in [9.17, 15) is 4.39 Å². The van der Waals surface area contributed by atoms with Gasteiger partial charge in [-0.05, 0) is 30.7 Å². The third kappa shape index (κ3) is 2.43. The summed E-state index contributed by atoms with van der Waals surface area (Å²) in [6.07, 6.45) is 0. The number of aryl methyl sites for hydroxylation is 1. The van der Waals surface area contributed by atoms with E-state index in [-0.39, 0.29) is 5.82 Å². The van der Waals surface area contributed by atoms with Crippen molar-refractivity contribution in [3.63, 3.8) is 0 Å². The van der Waals surface area contributed by atoms with E-state index in [4.69, 9.17) is 5.73 Å². The highest BCUT2D eigenvalue weighted by molar-refractivity contribution is 5.92. The summed E-state index contributed by atoms with van der Waals surface area (Å²) in [5.41, 5.74) is 6.75. The van der Waals surface area contributed by atoms with Gasteiger partial charge in [-0.3, -0.25) is 4.99 Å². The number of rotatable bonds is 1. The molecule has 1 rings (SSSR count). The van der Waals surface area contributed by atoms with E-state index >= 15 is 0 Å². The Morgan fingerprint density at radius 2 is 2.23 bits per heavy atom. The van der Waals surface area contributed by atoms with Gasteiger partial charge in [0.15, 0.2) is 5.96 Å². The van der Waals surface area contributed by atoms with Gasteiger partial charge in [0, 0.05) is 12.7 Å². The molecule has 0 heterocycles. The second-order valence-corrected chi connectivity index (χ2v) is 2.70.